The highest BCUT2D eigenvalue weighted by Gasteiger charge is 2.21. The SMILES string of the molecule is COC(=O)C(C)c1nc(C)no1. The lowest BCUT2D eigenvalue weighted by molar-refractivity contribution is -0.142. The number of hydrogen-bond donors (Lipinski definition) is 0. The summed E-state index contributed by atoms with van der Waals surface area (Å²) >= 11 is 0. The van der Waals surface area contributed by atoms with Gasteiger partial charge in [0.25, 0.3) is 0 Å². The molecule has 0 N–H and O–H groups in total. The number of esters is 1. The summed E-state index contributed by atoms with van der Waals surface area (Å²) < 4.78 is 9.30. The highest BCUT2D eigenvalue weighted by atomic mass is 16.5. The van der Waals surface area contributed by atoms with E-state index in [4.69, 9.17) is 4.52 Å². The highest BCUT2D eigenvalue weighted by molar-refractivity contribution is 5.76. The summed E-state index contributed by atoms with van der Waals surface area (Å²) in [5.74, 6) is -0.0602. The first kappa shape index (κ1) is 8.70. The van der Waals surface area contributed by atoms with Crippen LogP contribution in [0, 0.1) is 6.92 Å². The van der Waals surface area contributed by atoms with Crippen molar-refractivity contribution in [3.05, 3.63) is 11.7 Å². The number of carbonyl (C=O) groups is 1. The molecule has 1 rings (SSSR count). The smallest absolute Gasteiger partial charge is 0.317 e. The molecule has 5 heteroatoms. The molecular formula is C7H10N2O3. The highest BCUT2D eigenvalue weighted by Crippen LogP contribution is 2.13. The zero-order valence-electron chi connectivity index (χ0n) is 7.20. The van der Waals surface area contributed by atoms with Crippen molar-refractivity contribution < 1.29 is 14.1 Å². The zero-order valence-corrected chi connectivity index (χ0v) is 7.20. The summed E-state index contributed by atoms with van der Waals surface area (Å²) in [4.78, 5) is 14.9. The number of aryl methyl sites for hydroxylation is 1. The Morgan fingerprint density at radius 1 is 1.67 bits per heavy atom. The Bertz CT molecular complexity index is 282. The second-order valence-electron chi connectivity index (χ2n) is 2.42. The predicted molar refractivity (Wildman–Crippen MR) is 39.5 cm³/mol. The Balaban J connectivity index is 2.77. The van der Waals surface area contributed by atoms with E-state index in [0.717, 1.165) is 0 Å². The van der Waals surface area contributed by atoms with E-state index < -0.39 is 5.92 Å². The van der Waals surface area contributed by atoms with E-state index in [2.05, 4.69) is 14.9 Å². The van der Waals surface area contributed by atoms with Crippen LogP contribution in [-0.2, 0) is 9.53 Å². The molecule has 0 aromatic carbocycles. The molecule has 0 aliphatic carbocycles. The summed E-state index contributed by atoms with van der Waals surface area (Å²) in [7, 11) is 1.32. The van der Waals surface area contributed by atoms with E-state index in [9.17, 15) is 4.79 Å². The second kappa shape index (κ2) is 3.34. The van der Waals surface area contributed by atoms with E-state index in [-0.39, 0.29) is 5.97 Å². The number of nitrogens with zero attached hydrogens (tertiary/aromatic N) is 2. The molecule has 0 amide bonds. The molecule has 0 spiro atoms. The van der Waals surface area contributed by atoms with E-state index >= 15 is 0 Å². The first-order chi connectivity index (χ1) is 5.65. The van der Waals surface area contributed by atoms with Crippen LogP contribution < -0.4 is 0 Å². The topological polar surface area (TPSA) is 65.2 Å². The number of ether oxygens (including phenoxy) is 1. The number of methoxy groups -OCH3 is 1. The summed E-state index contributed by atoms with van der Waals surface area (Å²) in [5, 5.41) is 3.56. The second-order valence-corrected chi connectivity index (χ2v) is 2.42. The summed E-state index contributed by atoms with van der Waals surface area (Å²) in [6.45, 7) is 3.34. The van der Waals surface area contributed by atoms with Gasteiger partial charge < -0.3 is 9.26 Å². The van der Waals surface area contributed by atoms with Crippen LogP contribution in [0.4, 0.5) is 0 Å². The van der Waals surface area contributed by atoms with Gasteiger partial charge in [0.05, 0.1) is 7.11 Å². The van der Waals surface area contributed by atoms with Crippen molar-refractivity contribution in [2.24, 2.45) is 0 Å². The van der Waals surface area contributed by atoms with Crippen LogP contribution in [0.5, 0.6) is 0 Å². The van der Waals surface area contributed by atoms with Crippen LogP contribution in [0.15, 0.2) is 4.52 Å². The molecule has 12 heavy (non-hydrogen) atoms. The minimum Gasteiger partial charge on any atom is -0.468 e. The van der Waals surface area contributed by atoms with Crippen molar-refractivity contribution in [2.75, 3.05) is 7.11 Å². The molecular weight excluding hydrogens is 160 g/mol. The van der Waals surface area contributed by atoms with Crippen LogP contribution in [0.1, 0.15) is 24.6 Å². The average Bonchev–Trinajstić information content (AvgIpc) is 2.49. The Morgan fingerprint density at radius 2 is 2.33 bits per heavy atom. The molecule has 0 aliphatic rings. The quantitative estimate of drug-likeness (QED) is 0.610. The minimum absolute atomic E-state index is 0.291. The lowest BCUT2D eigenvalue weighted by atomic mass is 10.2. The third-order valence-electron chi connectivity index (χ3n) is 1.47. The van der Waals surface area contributed by atoms with Crippen molar-refractivity contribution in [1.29, 1.82) is 0 Å². The Hall–Kier alpha value is -1.39. The van der Waals surface area contributed by atoms with Gasteiger partial charge >= 0.3 is 5.97 Å². The Morgan fingerprint density at radius 3 is 2.75 bits per heavy atom. The van der Waals surface area contributed by atoms with E-state index in [1.165, 1.54) is 7.11 Å². The molecule has 0 bridgehead atoms. The normalized spacial score (nSPS) is 12.6. The molecule has 0 fully saturated rings. The van der Waals surface area contributed by atoms with Gasteiger partial charge in [-0.05, 0) is 13.8 Å². The van der Waals surface area contributed by atoms with E-state index in [0.29, 0.717) is 11.7 Å². The Kier molecular flexibility index (Phi) is 2.42. The maximum Gasteiger partial charge on any atom is 0.317 e. The molecule has 0 radical (unpaired) electrons. The molecule has 1 aromatic heterocycles. The van der Waals surface area contributed by atoms with Gasteiger partial charge in [-0.25, -0.2) is 0 Å². The van der Waals surface area contributed by atoms with E-state index in [1.807, 2.05) is 0 Å². The minimum atomic E-state index is -0.490. The maximum atomic E-state index is 11.0. The van der Waals surface area contributed by atoms with Crippen LogP contribution in [-0.4, -0.2) is 23.2 Å². The standard InChI is InChI=1S/C7H10N2O3/c1-4(7(10)11-3)6-8-5(2)9-12-6/h4H,1-3H3. The molecule has 1 heterocycles. The largest absolute Gasteiger partial charge is 0.468 e. The monoisotopic (exact) mass is 170 g/mol. The van der Waals surface area contributed by atoms with Crippen molar-refractivity contribution in [3.8, 4) is 0 Å². The van der Waals surface area contributed by atoms with Gasteiger partial charge in [-0.1, -0.05) is 5.16 Å². The van der Waals surface area contributed by atoms with Gasteiger partial charge in [0.2, 0.25) is 5.89 Å². The number of carbonyl (C=O) groups excluding carboxylic acids is 1. The van der Waals surface area contributed by atoms with Gasteiger partial charge in [0.15, 0.2) is 5.82 Å². The fourth-order valence-electron chi connectivity index (χ4n) is 0.767. The third kappa shape index (κ3) is 1.61. The van der Waals surface area contributed by atoms with Gasteiger partial charge in [0.1, 0.15) is 5.92 Å². The lowest BCUT2D eigenvalue weighted by Crippen LogP contribution is -2.10. The van der Waals surface area contributed by atoms with Gasteiger partial charge in [0, 0.05) is 0 Å². The van der Waals surface area contributed by atoms with Gasteiger partial charge in [-0.2, -0.15) is 4.98 Å². The lowest BCUT2D eigenvalue weighted by Gasteiger charge is -2.01. The van der Waals surface area contributed by atoms with Crippen LogP contribution in [0.25, 0.3) is 0 Å². The predicted octanol–water partition coefficient (Wildman–Crippen LogP) is 0.655. The molecule has 66 valence electrons. The molecule has 0 saturated heterocycles. The molecule has 1 atom stereocenters. The van der Waals surface area contributed by atoms with E-state index in [1.54, 1.807) is 13.8 Å². The fraction of sp³-hybridized carbons (Fsp3) is 0.571. The first-order valence-electron chi connectivity index (χ1n) is 3.53. The van der Waals surface area contributed by atoms with Crippen molar-refractivity contribution in [2.45, 2.75) is 19.8 Å². The zero-order chi connectivity index (χ0) is 9.14. The summed E-state index contributed by atoms with van der Waals surface area (Å²) in [6, 6.07) is 0. The molecule has 5 nitrogen and oxygen atoms in total. The third-order valence-corrected chi connectivity index (χ3v) is 1.47. The number of rotatable bonds is 2. The number of hydrogen-bond acceptors (Lipinski definition) is 5. The summed E-state index contributed by atoms with van der Waals surface area (Å²) in [5.41, 5.74) is 0. The molecule has 0 aliphatic heterocycles. The van der Waals surface area contributed by atoms with Crippen LogP contribution in [0.2, 0.25) is 0 Å². The molecule has 1 unspecified atom stereocenters. The van der Waals surface area contributed by atoms with Crippen LogP contribution in [0.3, 0.4) is 0 Å². The van der Waals surface area contributed by atoms with Gasteiger partial charge in [-0.3, -0.25) is 4.79 Å². The van der Waals surface area contributed by atoms with Crippen LogP contribution >= 0.6 is 0 Å². The van der Waals surface area contributed by atoms with Crippen molar-refractivity contribution in [1.82, 2.24) is 10.1 Å². The van der Waals surface area contributed by atoms with Gasteiger partial charge in [-0.15, -0.1) is 0 Å². The summed E-state index contributed by atoms with van der Waals surface area (Å²) in [6.07, 6.45) is 0. The molecule has 0 saturated carbocycles. The van der Waals surface area contributed by atoms with Crippen molar-refractivity contribution in [3.63, 3.8) is 0 Å². The van der Waals surface area contributed by atoms with Crippen molar-refractivity contribution >= 4 is 5.97 Å². The Labute approximate surface area is 69.7 Å². The maximum absolute atomic E-state index is 11.0. The molecule has 1 aromatic rings. The number of aromatic nitrogens is 2. The first-order valence-corrected chi connectivity index (χ1v) is 3.53. The average molecular weight is 170 g/mol. The fourth-order valence-corrected chi connectivity index (χ4v) is 0.767.